The van der Waals surface area contributed by atoms with E-state index < -0.39 is 0 Å². The number of aryl methyl sites for hydroxylation is 1. The molecule has 2 aromatic heterocycles. The number of nitrogens with zero attached hydrogens (tertiary/aromatic N) is 4. The molecule has 100 valence electrons. The first kappa shape index (κ1) is 12.1. The van der Waals surface area contributed by atoms with Crippen molar-refractivity contribution in [1.82, 2.24) is 19.8 Å². The van der Waals surface area contributed by atoms with Crippen molar-refractivity contribution in [3.63, 3.8) is 0 Å². The van der Waals surface area contributed by atoms with E-state index in [1.807, 2.05) is 6.92 Å². The average Bonchev–Trinajstić information content (AvgIpc) is 2.83. The van der Waals surface area contributed by atoms with E-state index in [2.05, 4.69) is 15.2 Å². The van der Waals surface area contributed by atoms with Gasteiger partial charge in [0.1, 0.15) is 6.26 Å². The van der Waals surface area contributed by atoms with E-state index in [1.54, 1.807) is 29.3 Å². The first-order chi connectivity index (χ1) is 9.20. The Labute approximate surface area is 110 Å². The van der Waals surface area contributed by atoms with Crippen molar-refractivity contribution >= 4 is 0 Å². The molecule has 1 fully saturated rings. The topological polar surface area (TPSA) is 64.2 Å². The Morgan fingerprint density at radius 3 is 3.00 bits per heavy atom. The predicted molar refractivity (Wildman–Crippen MR) is 68.5 cm³/mol. The van der Waals surface area contributed by atoms with Gasteiger partial charge in [-0.2, -0.15) is 5.10 Å². The van der Waals surface area contributed by atoms with Gasteiger partial charge in [-0.15, -0.1) is 0 Å². The molecule has 0 aromatic carbocycles. The van der Waals surface area contributed by atoms with Crippen molar-refractivity contribution < 1.29 is 4.52 Å². The van der Waals surface area contributed by atoms with Crippen LogP contribution in [0.25, 0.3) is 0 Å². The summed E-state index contributed by atoms with van der Waals surface area (Å²) < 4.78 is 6.37. The molecular formula is C13H16N4O2. The molecule has 0 bridgehead atoms. The standard InChI is InChI=1S/C13H16N4O2/c1-10-2-3-13(18)17(15-10)8-12-6-16(7-12)5-11-4-14-19-9-11/h2-4,9,12H,5-8H2,1H3. The third-order valence-electron chi connectivity index (χ3n) is 3.35. The highest BCUT2D eigenvalue weighted by molar-refractivity contribution is 5.01. The Balaban J connectivity index is 1.54. The highest BCUT2D eigenvalue weighted by Gasteiger charge is 2.27. The summed E-state index contributed by atoms with van der Waals surface area (Å²) >= 11 is 0. The largest absolute Gasteiger partial charge is 0.364 e. The normalized spacial score (nSPS) is 16.5. The van der Waals surface area contributed by atoms with Crippen LogP contribution in [0.2, 0.25) is 0 Å². The highest BCUT2D eigenvalue weighted by Crippen LogP contribution is 2.19. The van der Waals surface area contributed by atoms with Crippen molar-refractivity contribution in [2.75, 3.05) is 13.1 Å². The maximum atomic E-state index is 11.7. The van der Waals surface area contributed by atoms with Gasteiger partial charge in [-0.3, -0.25) is 9.69 Å². The highest BCUT2D eigenvalue weighted by atomic mass is 16.5. The van der Waals surface area contributed by atoms with E-state index in [4.69, 9.17) is 4.52 Å². The molecule has 0 amide bonds. The lowest BCUT2D eigenvalue weighted by Crippen LogP contribution is -2.48. The first-order valence-corrected chi connectivity index (χ1v) is 6.36. The first-order valence-electron chi connectivity index (χ1n) is 6.36. The number of aromatic nitrogens is 3. The zero-order valence-electron chi connectivity index (χ0n) is 10.8. The molecule has 2 aromatic rings. The number of hydrogen-bond acceptors (Lipinski definition) is 5. The second kappa shape index (κ2) is 4.97. The van der Waals surface area contributed by atoms with Crippen LogP contribution in [0.3, 0.4) is 0 Å². The quantitative estimate of drug-likeness (QED) is 0.808. The third kappa shape index (κ3) is 2.73. The molecule has 1 saturated heterocycles. The molecule has 0 atom stereocenters. The lowest BCUT2D eigenvalue weighted by molar-refractivity contribution is 0.0763. The smallest absolute Gasteiger partial charge is 0.266 e. The molecule has 0 saturated carbocycles. The maximum Gasteiger partial charge on any atom is 0.266 e. The van der Waals surface area contributed by atoms with Crippen LogP contribution < -0.4 is 5.56 Å². The van der Waals surface area contributed by atoms with Gasteiger partial charge in [0.15, 0.2) is 0 Å². The Hall–Kier alpha value is -1.95. The molecule has 19 heavy (non-hydrogen) atoms. The minimum absolute atomic E-state index is 0.0249. The van der Waals surface area contributed by atoms with Gasteiger partial charge in [-0.05, 0) is 13.0 Å². The fourth-order valence-corrected chi connectivity index (χ4v) is 2.41. The Kier molecular flexibility index (Phi) is 3.16. The van der Waals surface area contributed by atoms with Gasteiger partial charge in [0.05, 0.1) is 18.4 Å². The SMILES string of the molecule is Cc1ccc(=O)n(CC2CN(Cc3cnoc3)C2)n1. The molecule has 0 radical (unpaired) electrons. The Bertz CT molecular complexity index is 599. The van der Waals surface area contributed by atoms with Gasteiger partial charge in [-0.1, -0.05) is 5.16 Å². The summed E-state index contributed by atoms with van der Waals surface area (Å²) in [6, 6.07) is 3.33. The summed E-state index contributed by atoms with van der Waals surface area (Å²) in [7, 11) is 0. The summed E-state index contributed by atoms with van der Waals surface area (Å²) in [6.07, 6.45) is 3.40. The van der Waals surface area contributed by atoms with Gasteiger partial charge >= 0.3 is 0 Å². The zero-order chi connectivity index (χ0) is 13.2. The molecule has 6 nitrogen and oxygen atoms in total. The summed E-state index contributed by atoms with van der Waals surface area (Å²) in [5.41, 5.74) is 1.94. The van der Waals surface area contributed by atoms with Crippen LogP contribution in [-0.2, 0) is 13.1 Å². The predicted octanol–water partition coefficient (Wildman–Crippen LogP) is 0.672. The molecular weight excluding hydrogens is 244 g/mol. The number of hydrogen-bond donors (Lipinski definition) is 0. The van der Waals surface area contributed by atoms with E-state index in [0.717, 1.165) is 30.9 Å². The van der Waals surface area contributed by atoms with Gasteiger partial charge in [0, 0.05) is 37.2 Å². The van der Waals surface area contributed by atoms with Crippen LogP contribution in [0.5, 0.6) is 0 Å². The Morgan fingerprint density at radius 1 is 1.42 bits per heavy atom. The molecule has 3 rings (SSSR count). The lowest BCUT2D eigenvalue weighted by Gasteiger charge is -2.38. The van der Waals surface area contributed by atoms with Crippen LogP contribution in [0.4, 0.5) is 0 Å². The minimum atomic E-state index is -0.0249. The van der Waals surface area contributed by atoms with Crippen molar-refractivity contribution in [3.05, 3.63) is 46.2 Å². The van der Waals surface area contributed by atoms with E-state index in [-0.39, 0.29) is 5.56 Å². The minimum Gasteiger partial charge on any atom is -0.364 e. The van der Waals surface area contributed by atoms with Crippen LogP contribution in [0.15, 0.2) is 33.9 Å². The second-order valence-electron chi connectivity index (χ2n) is 5.09. The van der Waals surface area contributed by atoms with Crippen molar-refractivity contribution in [1.29, 1.82) is 0 Å². The molecule has 1 aliphatic heterocycles. The van der Waals surface area contributed by atoms with Gasteiger partial charge < -0.3 is 4.52 Å². The number of rotatable bonds is 4. The molecule has 0 aliphatic carbocycles. The van der Waals surface area contributed by atoms with Gasteiger partial charge in [0.25, 0.3) is 5.56 Å². The molecule has 1 aliphatic rings. The molecule has 6 heteroatoms. The average molecular weight is 260 g/mol. The summed E-state index contributed by atoms with van der Waals surface area (Å²) in [5, 5.41) is 7.94. The third-order valence-corrected chi connectivity index (χ3v) is 3.35. The molecule has 3 heterocycles. The van der Waals surface area contributed by atoms with Crippen LogP contribution >= 0.6 is 0 Å². The fraction of sp³-hybridized carbons (Fsp3) is 0.462. The van der Waals surface area contributed by atoms with E-state index in [0.29, 0.717) is 12.5 Å². The van der Waals surface area contributed by atoms with E-state index in [1.165, 1.54) is 0 Å². The van der Waals surface area contributed by atoms with E-state index in [9.17, 15) is 4.79 Å². The van der Waals surface area contributed by atoms with Crippen molar-refractivity contribution in [2.24, 2.45) is 5.92 Å². The lowest BCUT2D eigenvalue weighted by atomic mass is 10.00. The zero-order valence-corrected chi connectivity index (χ0v) is 10.8. The Morgan fingerprint density at radius 2 is 2.26 bits per heavy atom. The van der Waals surface area contributed by atoms with E-state index >= 15 is 0 Å². The van der Waals surface area contributed by atoms with Crippen LogP contribution in [0.1, 0.15) is 11.3 Å². The summed E-state index contributed by atoms with van der Waals surface area (Å²) in [5.74, 6) is 0.492. The van der Waals surface area contributed by atoms with Gasteiger partial charge in [0.2, 0.25) is 0 Å². The fourth-order valence-electron chi connectivity index (χ4n) is 2.41. The monoisotopic (exact) mass is 260 g/mol. The van der Waals surface area contributed by atoms with Crippen molar-refractivity contribution in [3.8, 4) is 0 Å². The summed E-state index contributed by atoms with van der Waals surface area (Å²) in [4.78, 5) is 14.0. The number of likely N-dealkylation sites (tertiary alicyclic amines) is 1. The maximum absolute atomic E-state index is 11.7. The molecule has 0 N–H and O–H groups in total. The molecule has 0 spiro atoms. The summed E-state index contributed by atoms with van der Waals surface area (Å²) in [6.45, 7) is 5.41. The second-order valence-corrected chi connectivity index (χ2v) is 5.09. The molecule has 0 unspecified atom stereocenters. The van der Waals surface area contributed by atoms with Crippen LogP contribution in [0, 0.1) is 12.8 Å². The van der Waals surface area contributed by atoms with Crippen LogP contribution in [-0.4, -0.2) is 32.9 Å². The van der Waals surface area contributed by atoms with Crippen molar-refractivity contribution in [2.45, 2.75) is 20.0 Å². The van der Waals surface area contributed by atoms with Gasteiger partial charge in [-0.25, -0.2) is 4.68 Å².